The van der Waals surface area contributed by atoms with Gasteiger partial charge in [-0.05, 0) is 55.5 Å². The van der Waals surface area contributed by atoms with Gasteiger partial charge in [0.1, 0.15) is 11.5 Å². The zero-order valence-corrected chi connectivity index (χ0v) is 15.2. The summed E-state index contributed by atoms with van der Waals surface area (Å²) in [7, 11) is 0. The van der Waals surface area contributed by atoms with Crippen LogP contribution in [0.2, 0.25) is 0 Å². The van der Waals surface area contributed by atoms with Gasteiger partial charge in [0.15, 0.2) is 6.61 Å². The standard InChI is InChI=1S/C20H19F3N2O3/c1-2-27-17-10-6-16(7-11-17)25(13-3-12-24)19(26)14-28-18-8-4-15(5-9-18)20(21,22)23/h4-11H,2-3,13-14H2,1H3. The molecule has 28 heavy (non-hydrogen) atoms. The van der Waals surface area contributed by atoms with Crippen LogP contribution in [-0.4, -0.2) is 25.7 Å². The van der Waals surface area contributed by atoms with Crippen molar-refractivity contribution in [1.82, 2.24) is 0 Å². The number of rotatable bonds is 8. The summed E-state index contributed by atoms with van der Waals surface area (Å²) in [4.78, 5) is 13.9. The van der Waals surface area contributed by atoms with Crippen LogP contribution in [0.1, 0.15) is 18.9 Å². The van der Waals surface area contributed by atoms with Crippen LogP contribution >= 0.6 is 0 Å². The van der Waals surface area contributed by atoms with Crippen molar-refractivity contribution in [3.63, 3.8) is 0 Å². The number of hydrogen-bond donors (Lipinski definition) is 0. The van der Waals surface area contributed by atoms with Crippen molar-refractivity contribution in [2.75, 3.05) is 24.7 Å². The van der Waals surface area contributed by atoms with Crippen molar-refractivity contribution in [2.24, 2.45) is 0 Å². The molecular weight excluding hydrogens is 373 g/mol. The lowest BCUT2D eigenvalue weighted by atomic mass is 10.2. The normalized spacial score (nSPS) is 10.8. The molecule has 0 radical (unpaired) electrons. The topological polar surface area (TPSA) is 62.6 Å². The number of nitrogens with zero attached hydrogens (tertiary/aromatic N) is 2. The Morgan fingerprint density at radius 2 is 1.61 bits per heavy atom. The molecule has 2 aromatic carbocycles. The molecule has 8 heteroatoms. The minimum Gasteiger partial charge on any atom is -0.494 e. The molecule has 0 heterocycles. The van der Waals surface area contributed by atoms with Crippen molar-refractivity contribution >= 4 is 11.6 Å². The summed E-state index contributed by atoms with van der Waals surface area (Å²) in [6.07, 6.45) is -4.31. The highest BCUT2D eigenvalue weighted by molar-refractivity contribution is 5.94. The summed E-state index contributed by atoms with van der Waals surface area (Å²) in [5.74, 6) is 0.382. The van der Waals surface area contributed by atoms with Gasteiger partial charge in [-0.1, -0.05) is 0 Å². The van der Waals surface area contributed by atoms with E-state index in [1.807, 2.05) is 13.0 Å². The summed E-state index contributed by atoms with van der Waals surface area (Å²) in [5, 5.41) is 8.83. The Labute approximate surface area is 160 Å². The zero-order chi connectivity index (χ0) is 20.6. The highest BCUT2D eigenvalue weighted by Crippen LogP contribution is 2.30. The Hall–Kier alpha value is -3.21. The lowest BCUT2D eigenvalue weighted by Gasteiger charge is -2.22. The zero-order valence-electron chi connectivity index (χ0n) is 15.2. The number of benzene rings is 2. The van der Waals surface area contributed by atoms with Gasteiger partial charge in [0.2, 0.25) is 0 Å². The Bertz CT molecular complexity index is 813. The second kappa shape index (κ2) is 9.65. The summed E-state index contributed by atoms with van der Waals surface area (Å²) >= 11 is 0. The van der Waals surface area contributed by atoms with Crippen molar-refractivity contribution in [3.8, 4) is 17.6 Å². The summed E-state index contributed by atoms with van der Waals surface area (Å²) in [6, 6.07) is 12.9. The predicted molar refractivity (Wildman–Crippen MR) is 97.1 cm³/mol. The first-order chi connectivity index (χ1) is 13.3. The molecule has 0 saturated heterocycles. The number of halogens is 3. The third-order valence-corrected chi connectivity index (χ3v) is 3.75. The molecule has 2 rings (SSSR count). The third-order valence-electron chi connectivity index (χ3n) is 3.75. The van der Waals surface area contributed by atoms with E-state index < -0.39 is 17.6 Å². The van der Waals surface area contributed by atoms with Crippen molar-refractivity contribution < 1.29 is 27.4 Å². The maximum absolute atomic E-state index is 12.6. The number of ether oxygens (including phenoxy) is 2. The number of alkyl halides is 3. The number of hydrogen-bond acceptors (Lipinski definition) is 4. The van der Waals surface area contributed by atoms with Crippen LogP contribution in [0, 0.1) is 11.3 Å². The number of nitriles is 1. The Morgan fingerprint density at radius 3 is 2.14 bits per heavy atom. The molecule has 0 aliphatic heterocycles. The molecule has 0 aromatic heterocycles. The summed E-state index contributed by atoms with van der Waals surface area (Å²) in [5.41, 5.74) is -0.226. The quantitative estimate of drug-likeness (QED) is 0.667. The molecule has 0 unspecified atom stereocenters. The molecule has 0 fully saturated rings. The minimum atomic E-state index is -4.43. The van der Waals surface area contributed by atoms with Crippen LogP contribution in [-0.2, 0) is 11.0 Å². The van der Waals surface area contributed by atoms with Crippen molar-refractivity contribution in [2.45, 2.75) is 19.5 Å². The van der Waals surface area contributed by atoms with Gasteiger partial charge in [-0.2, -0.15) is 18.4 Å². The molecule has 0 aliphatic carbocycles. The number of anilines is 1. The van der Waals surface area contributed by atoms with E-state index in [0.29, 0.717) is 18.0 Å². The second-order valence-corrected chi connectivity index (χ2v) is 5.69. The molecule has 0 spiro atoms. The first kappa shape index (κ1) is 21.1. The molecule has 1 amide bonds. The number of amides is 1. The lowest BCUT2D eigenvalue weighted by molar-refractivity contribution is -0.137. The number of carbonyl (C=O) groups excluding carboxylic acids is 1. The highest BCUT2D eigenvalue weighted by Gasteiger charge is 2.30. The first-order valence-corrected chi connectivity index (χ1v) is 8.55. The molecule has 0 aliphatic rings. The SMILES string of the molecule is CCOc1ccc(N(CCC#N)C(=O)COc2ccc(C(F)(F)F)cc2)cc1. The monoisotopic (exact) mass is 392 g/mol. The predicted octanol–water partition coefficient (Wildman–Crippen LogP) is 4.43. The summed E-state index contributed by atoms with van der Waals surface area (Å²) < 4.78 is 48.4. The highest BCUT2D eigenvalue weighted by atomic mass is 19.4. The van der Waals surface area contributed by atoms with E-state index in [2.05, 4.69) is 0 Å². The molecule has 2 aromatic rings. The summed E-state index contributed by atoms with van der Waals surface area (Å²) in [6.45, 7) is 2.16. The van der Waals surface area contributed by atoms with E-state index in [4.69, 9.17) is 14.7 Å². The van der Waals surface area contributed by atoms with Gasteiger partial charge >= 0.3 is 6.18 Å². The smallest absolute Gasteiger partial charge is 0.416 e. The molecule has 0 saturated carbocycles. The van der Waals surface area contributed by atoms with Gasteiger partial charge in [0.05, 0.1) is 24.7 Å². The minimum absolute atomic E-state index is 0.124. The third kappa shape index (κ3) is 5.91. The van der Waals surface area contributed by atoms with Crippen LogP contribution < -0.4 is 14.4 Å². The van der Waals surface area contributed by atoms with Gasteiger partial charge in [-0.3, -0.25) is 4.79 Å². The van der Waals surface area contributed by atoms with Gasteiger partial charge in [-0.25, -0.2) is 0 Å². The van der Waals surface area contributed by atoms with E-state index >= 15 is 0 Å². The van der Waals surface area contributed by atoms with Gasteiger partial charge < -0.3 is 14.4 Å². The Balaban J connectivity index is 2.05. The maximum Gasteiger partial charge on any atom is 0.416 e. The van der Waals surface area contributed by atoms with Gasteiger partial charge in [0.25, 0.3) is 5.91 Å². The first-order valence-electron chi connectivity index (χ1n) is 8.55. The van der Waals surface area contributed by atoms with E-state index in [-0.39, 0.29) is 25.3 Å². The Kier molecular flexibility index (Phi) is 7.27. The fourth-order valence-corrected chi connectivity index (χ4v) is 2.41. The van der Waals surface area contributed by atoms with Crippen LogP contribution in [0.5, 0.6) is 11.5 Å². The van der Waals surface area contributed by atoms with Crippen LogP contribution in [0.25, 0.3) is 0 Å². The molecule has 0 bridgehead atoms. The largest absolute Gasteiger partial charge is 0.494 e. The van der Waals surface area contributed by atoms with Gasteiger partial charge in [0, 0.05) is 12.2 Å². The lowest BCUT2D eigenvalue weighted by Crippen LogP contribution is -2.35. The van der Waals surface area contributed by atoms with E-state index in [1.54, 1.807) is 24.3 Å². The van der Waals surface area contributed by atoms with Gasteiger partial charge in [-0.15, -0.1) is 0 Å². The average Bonchev–Trinajstić information content (AvgIpc) is 2.67. The molecule has 0 atom stereocenters. The fourth-order valence-electron chi connectivity index (χ4n) is 2.41. The fraction of sp³-hybridized carbons (Fsp3) is 0.300. The van der Waals surface area contributed by atoms with E-state index in [0.717, 1.165) is 24.3 Å². The maximum atomic E-state index is 12.6. The van der Waals surface area contributed by atoms with Crippen LogP contribution in [0.15, 0.2) is 48.5 Å². The molecule has 5 nitrogen and oxygen atoms in total. The van der Waals surface area contributed by atoms with Crippen molar-refractivity contribution in [1.29, 1.82) is 5.26 Å². The molecular formula is C20H19F3N2O3. The second-order valence-electron chi connectivity index (χ2n) is 5.69. The van der Waals surface area contributed by atoms with Crippen LogP contribution in [0.4, 0.5) is 18.9 Å². The Morgan fingerprint density at radius 1 is 1.04 bits per heavy atom. The van der Waals surface area contributed by atoms with Crippen LogP contribution in [0.3, 0.4) is 0 Å². The van der Waals surface area contributed by atoms with E-state index in [9.17, 15) is 18.0 Å². The molecule has 0 N–H and O–H groups in total. The van der Waals surface area contributed by atoms with Crippen molar-refractivity contribution in [3.05, 3.63) is 54.1 Å². The average molecular weight is 392 g/mol. The molecule has 148 valence electrons. The number of carbonyl (C=O) groups is 1. The van der Waals surface area contributed by atoms with E-state index in [1.165, 1.54) is 4.90 Å².